The van der Waals surface area contributed by atoms with Crippen LogP contribution in [0.1, 0.15) is 5.56 Å². The first kappa shape index (κ1) is 14.7. The molecule has 0 amide bonds. The number of hydrogen-bond acceptors (Lipinski definition) is 4. The predicted octanol–water partition coefficient (Wildman–Crippen LogP) is 1.51. The molecule has 102 valence electrons. The Labute approximate surface area is 104 Å². The molecular formula is C11H16F3N3O. The summed E-state index contributed by atoms with van der Waals surface area (Å²) in [5, 5.41) is 0. The van der Waals surface area contributed by atoms with Gasteiger partial charge in [0, 0.05) is 32.9 Å². The van der Waals surface area contributed by atoms with Crippen molar-refractivity contribution < 1.29 is 17.9 Å². The van der Waals surface area contributed by atoms with Gasteiger partial charge in [0.05, 0.1) is 12.2 Å². The molecule has 0 saturated carbocycles. The molecule has 0 saturated heterocycles. The molecule has 0 radical (unpaired) electrons. The summed E-state index contributed by atoms with van der Waals surface area (Å²) in [6, 6.07) is 1.96. The molecule has 0 unspecified atom stereocenters. The van der Waals surface area contributed by atoms with Crippen molar-refractivity contribution in [2.24, 2.45) is 5.73 Å². The normalized spacial score (nSPS) is 11.6. The van der Waals surface area contributed by atoms with Crippen LogP contribution in [0.25, 0.3) is 0 Å². The van der Waals surface area contributed by atoms with E-state index in [2.05, 4.69) is 4.98 Å². The molecule has 0 aliphatic carbocycles. The van der Waals surface area contributed by atoms with Gasteiger partial charge in [-0.1, -0.05) is 0 Å². The van der Waals surface area contributed by atoms with Crippen LogP contribution < -0.4 is 10.6 Å². The van der Waals surface area contributed by atoms with E-state index in [-0.39, 0.29) is 5.82 Å². The van der Waals surface area contributed by atoms with Crippen LogP contribution in [0.2, 0.25) is 0 Å². The van der Waals surface area contributed by atoms with Gasteiger partial charge in [-0.05, 0) is 12.1 Å². The molecule has 0 spiro atoms. The number of nitrogens with two attached hydrogens (primary N) is 1. The molecule has 1 aromatic heterocycles. The van der Waals surface area contributed by atoms with Gasteiger partial charge in [0.15, 0.2) is 0 Å². The monoisotopic (exact) mass is 263 g/mol. The van der Waals surface area contributed by atoms with Crippen LogP contribution in [0.3, 0.4) is 0 Å². The summed E-state index contributed by atoms with van der Waals surface area (Å²) in [6.45, 7) is 1.61. The molecule has 18 heavy (non-hydrogen) atoms. The first-order chi connectivity index (χ1) is 8.49. The Morgan fingerprint density at radius 3 is 2.67 bits per heavy atom. The van der Waals surface area contributed by atoms with E-state index in [1.54, 1.807) is 4.90 Å². The lowest BCUT2D eigenvalue weighted by molar-refractivity contribution is -0.137. The van der Waals surface area contributed by atoms with Crippen LogP contribution in [-0.2, 0) is 10.9 Å². The summed E-state index contributed by atoms with van der Waals surface area (Å²) in [5.41, 5.74) is 4.71. The smallest absolute Gasteiger partial charge is 0.383 e. The minimum absolute atomic E-state index is 0.257. The molecule has 1 aromatic rings. The standard InChI is InChI=1S/C11H16F3N3O/c1-18-7-6-17(5-3-15)10-8-9(2-4-16-10)11(12,13)14/h2,4,8H,3,5-7,15H2,1H3. The van der Waals surface area contributed by atoms with Gasteiger partial charge < -0.3 is 15.4 Å². The van der Waals surface area contributed by atoms with Crippen molar-refractivity contribution in [2.45, 2.75) is 6.18 Å². The highest BCUT2D eigenvalue weighted by molar-refractivity contribution is 5.41. The summed E-state index contributed by atoms with van der Waals surface area (Å²) in [5.74, 6) is 0.257. The van der Waals surface area contributed by atoms with Crippen molar-refractivity contribution in [3.05, 3.63) is 23.9 Å². The fraction of sp³-hybridized carbons (Fsp3) is 0.545. The summed E-state index contributed by atoms with van der Waals surface area (Å²) in [4.78, 5) is 5.60. The van der Waals surface area contributed by atoms with Crippen LogP contribution >= 0.6 is 0 Å². The number of hydrogen-bond donors (Lipinski definition) is 1. The van der Waals surface area contributed by atoms with Crippen molar-refractivity contribution in [3.63, 3.8) is 0 Å². The molecule has 2 N–H and O–H groups in total. The maximum absolute atomic E-state index is 12.6. The Hall–Kier alpha value is -1.34. The van der Waals surface area contributed by atoms with E-state index < -0.39 is 11.7 Å². The van der Waals surface area contributed by atoms with Crippen molar-refractivity contribution in [1.82, 2.24) is 4.98 Å². The minimum Gasteiger partial charge on any atom is -0.383 e. The zero-order valence-electron chi connectivity index (χ0n) is 10.1. The highest BCUT2D eigenvalue weighted by atomic mass is 19.4. The van der Waals surface area contributed by atoms with Crippen LogP contribution in [0, 0.1) is 0 Å². The summed E-state index contributed by atoms with van der Waals surface area (Å²) < 4.78 is 42.6. The third-order valence-electron chi connectivity index (χ3n) is 2.36. The van der Waals surface area contributed by atoms with Gasteiger partial charge in [-0.15, -0.1) is 0 Å². The van der Waals surface area contributed by atoms with Crippen molar-refractivity contribution in [3.8, 4) is 0 Å². The van der Waals surface area contributed by atoms with Crippen LogP contribution in [0.4, 0.5) is 19.0 Å². The quantitative estimate of drug-likeness (QED) is 0.845. The van der Waals surface area contributed by atoms with Crippen LogP contribution in [0.5, 0.6) is 0 Å². The second kappa shape index (κ2) is 6.55. The molecule has 0 atom stereocenters. The number of rotatable bonds is 6. The van der Waals surface area contributed by atoms with E-state index in [4.69, 9.17) is 10.5 Å². The number of alkyl halides is 3. The van der Waals surface area contributed by atoms with Gasteiger partial charge in [-0.3, -0.25) is 0 Å². The molecule has 0 aliphatic heterocycles. The van der Waals surface area contributed by atoms with Gasteiger partial charge in [0.2, 0.25) is 0 Å². The largest absolute Gasteiger partial charge is 0.416 e. The Morgan fingerprint density at radius 1 is 1.39 bits per heavy atom. The molecule has 0 aromatic carbocycles. The average molecular weight is 263 g/mol. The molecule has 4 nitrogen and oxygen atoms in total. The highest BCUT2D eigenvalue weighted by Gasteiger charge is 2.31. The average Bonchev–Trinajstić information content (AvgIpc) is 2.33. The minimum atomic E-state index is -4.37. The number of methoxy groups -OCH3 is 1. The number of halogens is 3. The van der Waals surface area contributed by atoms with Crippen molar-refractivity contribution in [2.75, 3.05) is 38.3 Å². The third kappa shape index (κ3) is 4.15. The number of ether oxygens (including phenoxy) is 1. The number of nitrogens with zero attached hydrogens (tertiary/aromatic N) is 2. The van der Waals surface area contributed by atoms with Crippen molar-refractivity contribution in [1.29, 1.82) is 0 Å². The molecule has 0 bridgehead atoms. The fourth-order valence-corrected chi connectivity index (χ4v) is 1.47. The maximum atomic E-state index is 12.6. The Kier molecular flexibility index (Phi) is 5.36. The maximum Gasteiger partial charge on any atom is 0.416 e. The summed E-state index contributed by atoms with van der Waals surface area (Å²) in [7, 11) is 1.53. The Morgan fingerprint density at radius 2 is 2.11 bits per heavy atom. The molecule has 1 heterocycles. The fourth-order valence-electron chi connectivity index (χ4n) is 1.47. The molecule has 0 fully saturated rings. The number of aromatic nitrogens is 1. The van der Waals surface area contributed by atoms with Crippen LogP contribution in [0.15, 0.2) is 18.3 Å². The second-order valence-corrected chi connectivity index (χ2v) is 3.67. The van der Waals surface area contributed by atoms with E-state index in [1.165, 1.54) is 7.11 Å². The lowest BCUT2D eigenvalue weighted by Crippen LogP contribution is -2.33. The first-order valence-corrected chi connectivity index (χ1v) is 5.46. The summed E-state index contributed by atoms with van der Waals surface area (Å²) in [6.07, 6.45) is -3.22. The van der Waals surface area contributed by atoms with Gasteiger partial charge in [-0.2, -0.15) is 13.2 Å². The van der Waals surface area contributed by atoms with Crippen LogP contribution in [-0.4, -0.2) is 38.3 Å². The SMILES string of the molecule is COCCN(CCN)c1cc(C(F)(F)F)ccn1. The van der Waals surface area contributed by atoms with Gasteiger partial charge >= 0.3 is 6.18 Å². The van der Waals surface area contributed by atoms with E-state index in [0.717, 1.165) is 18.3 Å². The second-order valence-electron chi connectivity index (χ2n) is 3.67. The summed E-state index contributed by atoms with van der Waals surface area (Å²) >= 11 is 0. The lowest BCUT2D eigenvalue weighted by Gasteiger charge is -2.23. The zero-order valence-corrected chi connectivity index (χ0v) is 10.1. The molecule has 1 rings (SSSR count). The Balaban J connectivity index is 2.90. The number of anilines is 1. The lowest BCUT2D eigenvalue weighted by atomic mass is 10.2. The van der Waals surface area contributed by atoms with E-state index in [9.17, 15) is 13.2 Å². The van der Waals surface area contributed by atoms with E-state index >= 15 is 0 Å². The zero-order chi connectivity index (χ0) is 13.6. The third-order valence-corrected chi connectivity index (χ3v) is 2.36. The highest BCUT2D eigenvalue weighted by Crippen LogP contribution is 2.30. The van der Waals surface area contributed by atoms with Gasteiger partial charge in [0.1, 0.15) is 5.82 Å². The molecular weight excluding hydrogens is 247 g/mol. The Bertz CT molecular complexity index is 371. The first-order valence-electron chi connectivity index (χ1n) is 5.46. The topological polar surface area (TPSA) is 51.4 Å². The van der Waals surface area contributed by atoms with Gasteiger partial charge in [-0.25, -0.2) is 4.98 Å². The predicted molar refractivity (Wildman–Crippen MR) is 62.4 cm³/mol. The van der Waals surface area contributed by atoms with Crippen molar-refractivity contribution >= 4 is 5.82 Å². The van der Waals surface area contributed by atoms with E-state index in [1.807, 2.05) is 0 Å². The number of pyridine rings is 1. The molecule has 0 aliphatic rings. The van der Waals surface area contributed by atoms with E-state index in [0.29, 0.717) is 26.2 Å². The molecule has 7 heteroatoms. The van der Waals surface area contributed by atoms with Gasteiger partial charge in [0.25, 0.3) is 0 Å².